The van der Waals surface area contributed by atoms with Gasteiger partial charge < -0.3 is 15.2 Å². The normalized spacial score (nSPS) is 10.1. The van der Waals surface area contributed by atoms with Crippen molar-refractivity contribution in [3.05, 3.63) is 33.3 Å². The largest absolute Gasteiger partial charge is 0.480 e. The molecule has 1 rings (SSSR count). The van der Waals surface area contributed by atoms with E-state index < -0.39 is 17.5 Å². The molecule has 0 saturated carbocycles. The quantitative estimate of drug-likeness (QED) is 0.446. The number of carbonyl (C=O) groups is 1. The van der Waals surface area contributed by atoms with Crippen LogP contribution in [-0.4, -0.2) is 35.8 Å². The molecule has 0 aliphatic heterocycles. The van der Waals surface area contributed by atoms with Gasteiger partial charge in [0.1, 0.15) is 17.3 Å². The van der Waals surface area contributed by atoms with Crippen molar-refractivity contribution in [3.63, 3.8) is 0 Å². The SMILES string of the molecule is O=C(O)COCCNc1cccc(Cl)c1[N+](=O)[O-]. The molecule has 0 aromatic heterocycles. The van der Waals surface area contributed by atoms with Crippen molar-refractivity contribution in [1.82, 2.24) is 0 Å². The van der Waals surface area contributed by atoms with Crippen molar-refractivity contribution in [2.24, 2.45) is 0 Å². The summed E-state index contributed by atoms with van der Waals surface area (Å²) in [5.74, 6) is -1.07. The van der Waals surface area contributed by atoms with Gasteiger partial charge in [-0.1, -0.05) is 17.7 Å². The number of rotatable bonds is 7. The van der Waals surface area contributed by atoms with E-state index in [1.54, 1.807) is 6.07 Å². The highest BCUT2D eigenvalue weighted by Gasteiger charge is 2.17. The predicted molar refractivity (Wildman–Crippen MR) is 65.1 cm³/mol. The third-order valence-electron chi connectivity index (χ3n) is 1.96. The molecule has 0 radical (unpaired) electrons. The minimum Gasteiger partial charge on any atom is -0.480 e. The smallest absolute Gasteiger partial charge is 0.329 e. The Bertz CT molecular complexity index is 452. The molecule has 98 valence electrons. The molecule has 0 unspecified atom stereocenters. The van der Waals surface area contributed by atoms with Gasteiger partial charge in [-0.15, -0.1) is 0 Å². The number of ether oxygens (including phenoxy) is 1. The summed E-state index contributed by atoms with van der Waals surface area (Å²) in [5.41, 5.74) is 0.0591. The van der Waals surface area contributed by atoms with E-state index in [2.05, 4.69) is 5.32 Å². The first-order chi connectivity index (χ1) is 8.52. The molecule has 0 aliphatic rings. The van der Waals surface area contributed by atoms with E-state index in [1.807, 2.05) is 0 Å². The Kier molecular flexibility index (Phi) is 5.34. The molecule has 2 N–H and O–H groups in total. The summed E-state index contributed by atoms with van der Waals surface area (Å²) in [7, 11) is 0. The van der Waals surface area contributed by atoms with E-state index in [0.717, 1.165) is 0 Å². The highest BCUT2D eigenvalue weighted by molar-refractivity contribution is 6.33. The molecule has 7 nitrogen and oxygen atoms in total. The molecule has 0 amide bonds. The van der Waals surface area contributed by atoms with Gasteiger partial charge in [-0.05, 0) is 12.1 Å². The van der Waals surface area contributed by atoms with Crippen LogP contribution < -0.4 is 5.32 Å². The second-order valence-corrected chi connectivity index (χ2v) is 3.67. The molecule has 0 atom stereocenters. The minimum absolute atomic E-state index is 0.0384. The molecule has 8 heteroatoms. The molecular weight excluding hydrogens is 264 g/mol. The molecule has 0 aliphatic carbocycles. The molecule has 0 bridgehead atoms. The van der Waals surface area contributed by atoms with Crippen LogP contribution in [0.3, 0.4) is 0 Å². The minimum atomic E-state index is -1.07. The van der Waals surface area contributed by atoms with Crippen LogP contribution in [0, 0.1) is 10.1 Å². The van der Waals surface area contributed by atoms with Crippen LogP contribution in [0.4, 0.5) is 11.4 Å². The number of nitro groups is 1. The van der Waals surface area contributed by atoms with Gasteiger partial charge in [-0.3, -0.25) is 10.1 Å². The molecule has 1 aromatic carbocycles. The fourth-order valence-corrected chi connectivity index (χ4v) is 1.50. The highest BCUT2D eigenvalue weighted by Crippen LogP contribution is 2.31. The molecule has 0 heterocycles. The average Bonchev–Trinajstić information content (AvgIpc) is 2.27. The van der Waals surface area contributed by atoms with Gasteiger partial charge in [-0.25, -0.2) is 4.79 Å². The number of para-hydroxylation sites is 1. The Morgan fingerprint density at radius 2 is 2.28 bits per heavy atom. The fourth-order valence-electron chi connectivity index (χ4n) is 1.26. The highest BCUT2D eigenvalue weighted by atomic mass is 35.5. The lowest BCUT2D eigenvalue weighted by atomic mass is 10.2. The van der Waals surface area contributed by atoms with Crippen LogP contribution in [-0.2, 0) is 9.53 Å². The van der Waals surface area contributed by atoms with Crippen LogP contribution in [0.15, 0.2) is 18.2 Å². The van der Waals surface area contributed by atoms with Gasteiger partial charge in [0.05, 0.1) is 11.5 Å². The summed E-state index contributed by atoms with van der Waals surface area (Å²) >= 11 is 5.72. The lowest BCUT2D eigenvalue weighted by molar-refractivity contribution is -0.383. The molecule has 0 fully saturated rings. The lowest BCUT2D eigenvalue weighted by Gasteiger charge is -2.07. The summed E-state index contributed by atoms with van der Waals surface area (Å²) in [6, 6.07) is 4.52. The Morgan fingerprint density at radius 3 is 2.89 bits per heavy atom. The zero-order valence-electron chi connectivity index (χ0n) is 9.26. The average molecular weight is 275 g/mol. The zero-order chi connectivity index (χ0) is 13.5. The molecule has 1 aromatic rings. The number of aliphatic carboxylic acids is 1. The maximum Gasteiger partial charge on any atom is 0.329 e. The van der Waals surface area contributed by atoms with E-state index in [-0.39, 0.29) is 29.5 Å². The van der Waals surface area contributed by atoms with Gasteiger partial charge in [0.2, 0.25) is 0 Å². The first-order valence-electron chi connectivity index (χ1n) is 4.98. The first kappa shape index (κ1) is 14.2. The summed E-state index contributed by atoms with van der Waals surface area (Å²) < 4.78 is 4.78. The zero-order valence-corrected chi connectivity index (χ0v) is 10.0. The number of carboxylic acids is 1. The van der Waals surface area contributed by atoms with Crippen LogP contribution >= 0.6 is 11.6 Å². The predicted octanol–water partition coefficient (Wildman–Crippen LogP) is 1.76. The summed E-state index contributed by atoms with van der Waals surface area (Å²) in [5, 5.41) is 21.9. The maximum absolute atomic E-state index is 10.8. The summed E-state index contributed by atoms with van der Waals surface area (Å²) in [4.78, 5) is 20.4. The molecule has 18 heavy (non-hydrogen) atoms. The number of halogens is 1. The van der Waals surface area contributed by atoms with E-state index >= 15 is 0 Å². The van der Waals surface area contributed by atoms with Crippen molar-refractivity contribution >= 4 is 28.9 Å². The van der Waals surface area contributed by atoms with Crippen LogP contribution in [0.5, 0.6) is 0 Å². The molecule has 0 saturated heterocycles. The van der Waals surface area contributed by atoms with Crippen molar-refractivity contribution in [1.29, 1.82) is 0 Å². The van der Waals surface area contributed by atoms with Gasteiger partial charge >= 0.3 is 11.7 Å². The number of benzene rings is 1. The summed E-state index contributed by atoms with van der Waals surface area (Å²) in [6.45, 7) is -0.0379. The second kappa shape index (κ2) is 6.77. The third-order valence-corrected chi connectivity index (χ3v) is 2.26. The number of hydrogen-bond acceptors (Lipinski definition) is 5. The van der Waals surface area contributed by atoms with Crippen LogP contribution in [0.25, 0.3) is 0 Å². The van der Waals surface area contributed by atoms with E-state index in [9.17, 15) is 14.9 Å². The number of hydrogen-bond donors (Lipinski definition) is 2. The van der Waals surface area contributed by atoms with Gasteiger partial charge in [0, 0.05) is 6.54 Å². The Hall–Kier alpha value is -1.86. The van der Waals surface area contributed by atoms with Crippen molar-refractivity contribution in [3.8, 4) is 0 Å². The van der Waals surface area contributed by atoms with Gasteiger partial charge in [-0.2, -0.15) is 0 Å². The third kappa shape index (κ3) is 4.19. The summed E-state index contributed by atoms with van der Waals surface area (Å²) in [6.07, 6.45) is 0. The Morgan fingerprint density at radius 1 is 1.56 bits per heavy atom. The number of anilines is 1. The number of carboxylic acid groups (broad SMARTS) is 1. The Balaban J connectivity index is 2.54. The topological polar surface area (TPSA) is 102 Å². The van der Waals surface area contributed by atoms with E-state index in [0.29, 0.717) is 0 Å². The maximum atomic E-state index is 10.8. The van der Waals surface area contributed by atoms with Crippen molar-refractivity contribution < 1.29 is 19.6 Å². The number of nitrogens with zero attached hydrogens (tertiary/aromatic N) is 1. The van der Waals surface area contributed by atoms with Crippen molar-refractivity contribution in [2.75, 3.05) is 25.1 Å². The second-order valence-electron chi connectivity index (χ2n) is 3.27. The monoisotopic (exact) mass is 274 g/mol. The van der Waals surface area contributed by atoms with Crippen LogP contribution in [0.2, 0.25) is 5.02 Å². The van der Waals surface area contributed by atoms with Crippen LogP contribution in [0.1, 0.15) is 0 Å². The van der Waals surface area contributed by atoms with Gasteiger partial charge in [0.15, 0.2) is 0 Å². The molecular formula is C10H11ClN2O5. The first-order valence-corrected chi connectivity index (χ1v) is 5.36. The number of nitrogens with one attached hydrogen (secondary N) is 1. The van der Waals surface area contributed by atoms with E-state index in [1.165, 1.54) is 12.1 Å². The Labute approximate surface area is 107 Å². The number of nitro benzene ring substituents is 1. The molecule has 0 spiro atoms. The lowest BCUT2D eigenvalue weighted by Crippen LogP contribution is -2.14. The van der Waals surface area contributed by atoms with E-state index in [4.69, 9.17) is 21.4 Å². The van der Waals surface area contributed by atoms with Gasteiger partial charge in [0.25, 0.3) is 0 Å². The fraction of sp³-hybridized carbons (Fsp3) is 0.300. The van der Waals surface area contributed by atoms with Crippen molar-refractivity contribution in [2.45, 2.75) is 0 Å². The standard InChI is InChI=1S/C10H11ClN2O5/c11-7-2-1-3-8(10(7)13(16)17)12-4-5-18-6-9(14)15/h1-3,12H,4-6H2,(H,14,15).